The first kappa shape index (κ1) is 18.3. The normalized spacial score (nSPS) is 14.8. The second-order valence-corrected chi connectivity index (χ2v) is 7.18. The number of hydrogen-bond donors (Lipinski definition) is 2. The number of ether oxygens (including phenoxy) is 1. The molecule has 0 spiro atoms. The molecule has 30 heavy (non-hydrogen) atoms. The molecule has 5 rings (SSSR count). The molecule has 150 valence electrons. The number of hydrogen-bond acceptors (Lipinski definition) is 5. The average Bonchev–Trinajstić information content (AvgIpc) is 3.50. The van der Waals surface area contributed by atoms with Gasteiger partial charge in [-0.2, -0.15) is 0 Å². The number of rotatable bonds is 5. The Morgan fingerprint density at radius 1 is 0.933 bits per heavy atom. The van der Waals surface area contributed by atoms with Crippen molar-refractivity contribution in [2.45, 2.75) is 11.5 Å². The number of carbonyl (C=O) groups excluding carboxylic acids is 1. The van der Waals surface area contributed by atoms with Crippen LogP contribution in [0.15, 0.2) is 94.4 Å². The Bertz CT molecular complexity index is 1080. The molecule has 4 aromatic rings. The minimum atomic E-state index is -1.56. The van der Waals surface area contributed by atoms with Crippen molar-refractivity contribution in [1.29, 1.82) is 0 Å². The van der Waals surface area contributed by atoms with Crippen LogP contribution in [0.25, 0.3) is 0 Å². The van der Waals surface area contributed by atoms with E-state index in [-0.39, 0.29) is 12.5 Å². The topological polar surface area (TPSA) is 84.8 Å². The number of amides is 1. The maximum atomic E-state index is 13.4. The van der Waals surface area contributed by atoms with Gasteiger partial charge in [-0.05, 0) is 30.3 Å². The largest absolute Gasteiger partial charge is 0.472 e. The molecular formula is C24H19NO5. The Morgan fingerprint density at radius 3 is 2.23 bits per heavy atom. The Kier molecular flexibility index (Phi) is 4.41. The number of aliphatic hydroxyl groups is 1. The van der Waals surface area contributed by atoms with Crippen molar-refractivity contribution in [2.75, 3.05) is 6.54 Å². The Morgan fingerprint density at radius 2 is 1.63 bits per heavy atom. The van der Waals surface area contributed by atoms with E-state index in [2.05, 4.69) is 5.32 Å². The molecule has 0 bridgehead atoms. The van der Waals surface area contributed by atoms with Crippen molar-refractivity contribution in [3.05, 3.63) is 108 Å². The molecule has 0 aliphatic carbocycles. The quantitative estimate of drug-likeness (QED) is 0.525. The van der Waals surface area contributed by atoms with Gasteiger partial charge in [0.25, 0.3) is 0 Å². The molecule has 1 aliphatic heterocycles. The third-order valence-corrected chi connectivity index (χ3v) is 5.39. The van der Waals surface area contributed by atoms with Gasteiger partial charge in [0.1, 0.15) is 17.3 Å². The van der Waals surface area contributed by atoms with Crippen LogP contribution >= 0.6 is 0 Å². The molecule has 1 atom stereocenters. The Balaban J connectivity index is 1.47. The fourth-order valence-corrected chi connectivity index (χ4v) is 3.85. The smallest absolute Gasteiger partial charge is 0.232 e. The summed E-state index contributed by atoms with van der Waals surface area (Å²) in [5.41, 5.74) is 0.485. The summed E-state index contributed by atoms with van der Waals surface area (Å²) >= 11 is 0. The molecule has 2 N–H and O–H groups in total. The molecule has 0 saturated carbocycles. The first-order chi connectivity index (χ1) is 14.7. The van der Waals surface area contributed by atoms with Crippen LogP contribution in [0, 0.1) is 0 Å². The molecular weight excluding hydrogens is 382 g/mol. The lowest BCUT2D eigenvalue weighted by molar-refractivity contribution is -0.123. The van der Waals surface area contributed by atoms with E-state index in [4.69, 9.17) is 13.6 Å². The summed E-state index contributed by atoms with van der Waals surface area (Å²) < 4.78 is 16.6. The maximum Gasteiger partial charge on any atom is 0.232 e. The van der Waals surface area contributed by atoms with Crippen LogP contribution in [-0.4, -0.2) is 17.6 Å². The van der Waals surface area contributed by atoms with E-state index in [1.165, 1.54) is 18.8 Å². The van der Waals surface area contributed by atoms with E-state index in [0.717, 1.165) is 11.1 Å². The zero-order chi connectivity index (χ0) is 20.6. The van der Waals surface area contributed by atoms with Crippen molar-refractivity contribution in [3.63, 3.8) is 0 Å². The molecule has 1 amide bonds. The standard InChI is InChI=1S/C24H19NO5/c26-23(25-15-24(27,16-11-13-28-14-16)21-10-5-12-29-21)22-17-6-1-3-8-19(17)30-20-9-4-2-7-18(20)22/h1-14,22,27H,15H2,(H,25,26)/t24-/m1/s1. The van der Waals surface area contributed by atoms with Crippen molar-refractivity contribution in [3.8, 4) is 11.5 Å². The summed E-state index contributed by atoms with van der Waals surface area (Å²) in [6, 6.07) is 19.9. The van der Waals surface area contributed by atoms with Crippen LogP contribution < -0.4 is 10.1 Å². The summed E-state index contributed by atoms with van der Waals surface area (Å²) in [7, 11) is 0. The molecule has 2 aromatic heterocycles. The van der Waals surface area contributed by atoms with Crippen molar-refractivity contribution in [2.24, 2.45) is 0 Å². The summed E-state index contributed by atoms with van der Waals surface area (Å²) in [6.45, 7) is -0.0828. The van der Waals surface area contributed by atoms with Gasteiger partial charge in [0, 0.05) is 16.7 Å². The van der Waals surface area contributed by atoms with E-state index in [1.807, 2.05) is 48.5 Å². The summed E-state index contributed by atoms with van der Waals surface area (Å²) in [4.78, 5) is 13.4. The Hall–Kier alpha value is -3.77. The van der Waals surface area contributed by atoms with Crippen molar-refractivity contribution < 1.29 is 23.5 Å². The predicted molar refractivity (Wildman–Crippen MR) is 108 cm³/mol. The van der Waals surface area contributed by atoms with E-state index in [9.17, 15) is 9.90 Å². The molecule has 0 radical (unpaired) electrons. The van der Waals surface area contributed by atoms with Gasteiger partial charge in [0.05, 0.1) is 31.3 Å². The first-order valence-electron chi connectivity index (χ1n) is 9.59. The molecule has 0 fully saturated rings. The van der Waals surface area contributed by atoms with Crippen LogP contribution in [0.3, 0.4) is 0 Å². The SMILES string of the molecule is O=C(NC[C@@](O)(c1ccoc1)c1ccco1)C1c2ccccc2Oc2ccccc21. The highest BCUT2D eigenvalue weighted by molar-refractivity contribution is 5.89. The maximum absolute atomic E-state index is 13.4. The van der Waals surface area contributed by atoms with Gasteiger partial charge >= 0.3 is 0 Å². The summed E-state index contributed by atoms with van der Waals surface area (Å²) in [6.07, 6.45) is 4.39. The van der Waals surface area contributed by atoms with E-state index in [1.54, 1.807) is 18.2 Å². The summed E-state index contributed by atoms with van der Waals surface area (Å²) in [5.74, 6) is 0.806. The number of para-hydroxylation sites is 2. The number of benzene rings is 2. The number of furan rings is 2. The molecule has 0 saturated heterocycles. The number of fused-ring (bicyclic) bond motifs is 2. The third-order valence-electron chi connectivity index (χ3n) is 5.39. The lowest BCUT2D eigenvalue weighted by Crippen LogP contribution is -2.43. The van der Waals surface area contributed by atoms with Gasteiger partial charge in [0.2, 0.25) is 5.91 Å². The molecule has 0 unspecified atom stereocenters. The van der Waals surface area contributed by atoms with Crippen LogP contribution in [0.2, 0.25) is 0 Å². The van der Waals surface area contributed by atoms with Crippen molar-refractivity contribution in [1.82, 2.24) is 5.32 Å². The van der Waals surface area contributed by atoms with E-state index in [0.29, 0.717) is 22.8 Å². The Labute approximate surface area is 172 Å². The first-order valence-corrected chi connectivity index (χ1v) is 9.59. The highest BCUT2D eigenvalue weighted by atomic mass is 16.5. The fraction of sp³-hybridized carbons (Fsp3) is 0.125. The van der Waals surface area contributed by atoms with Gasteiger partial charge in [-0.15, -0.1) is 0 Å². The van der Waals surface area contributed by atoms with Gasteiger partial charge in [0.15, 0.2) is 5.60 Å². The van der Waals surface area contributed by atoms with Crippen LogP contribution in [-0.2, 0) is 10.4 Å². The second kappa shape index (κ2) is 7.24. The fourth-order valence-electron chi connectivity index (χ4n) is 3.85. The minimum absolute atomic E-state index is 0.0828. The summed E-state index contributed by atoms with van der Waals surface area (Å²) in [5, 5.41) is 14.3. The molecule has 2 aromatic carbocycles. The lowest BCUT2D eigenvalue weighted by atomic mass is 9.86. The van der Waals surface area contributed by atoms with Crippen LogP contribution in [0.1, 0.15) is 28.4 Å². The van der Waals surface area contributed by atoms with Gasteiger partial charge in [-0.25, -0.2) is 0 Å². The number of nitrogens with one attached hydrogen (secondary N) is 1. The van der Waals surface area contributed by atoms with Crippen LogP contribution in [0.4, 0.5) is 0 Å². The zero-order valence-electron chi connectivity index (χ0n) is 15.9. The monoisotopic (exact) mass is 401 g/mol. The van der Waals surface area contributed by atoms with Gasteiger partial charge in [-0.1, -0.05) is 36.4 Å². The molecule has 1 aliphatic rings. The molecule has 6 heteroatoms. The lowest BCUT2D eigenvalue weighted by Gasteiger charge is -2.29. The number of carbonyl (C=O) groups is 1. The predicted octanol–water partition coefficient (Wildman–Crippen LogP) is 4.16. The van der Waals surface area contributed by atoms with Crippen molar-refractivity contribution >= 4 is 5.91 Å². The molecule has 6 nitrogen and oxygen atoms in total. The second-order valence-electron chi connectivity index (χ2n) is 7.18. The van der Waals surface area contributed by atoms with Gasteiger partial charge in [-0.3, -0.25) is 4.79 Å². The van der Waals surface area contributed by atoms with Gasteiger partial charge < -0.3 is 24.0 Å². The van der Waals surface area contributed by atoms with E-state index < -0.39 is 11.5 Å². The average molecular weight is 401 g/mol. The zero-order valence-corrected chi connectivity index (χ0v) is 15.9. The van der Waals surface area contributed by atoms with Crippen LogP contribution in [0.5, 0.6) is 11.5 Å². The minimum Gasteiger partial charge on any atom is -0.472 e. The van der Waals surface area contributed by atoms with E-state index >= 15 is 0 Å². The highest BCUT2D eigenvalue weighted by Gasteiger charge is 2.38. The highest BCUT2D eigenvalue weighted by Crippen LogP contribution is 2.44. The molecule has 3 heterocycles. The third kappa shape index (κ3) is 2.98.